The lowest BCUT2D eigenvalue weighted by Gasteiger charge is -2.10. The maximum atomic E-state index is 12.2. The van der Waals surface area contributed by atoms with E-state index < -0.39 is 10.0 Å². The van der Waals surface area contributed by atoms with Gasteiger partial charge in [-0.25, -0.2) is 13.1 Å². The highest BCUT2D eigenvalue weighted by atomic mass is 32.2. The predicted octanol–water partition coefficient (Wildman–Crippen LogP) is 2.59. The molecule has 27 heavy (non-hydrogen) atoms. The summed E-state index contributed by atoms with van der Waals surface area (Å²) in [5.74, 6) is 0.597. The molecule has 0 spiro atoms. The van der Waals surface area contributed by atoms with Gasteiger partial charge in [0.1, 0.15) is 0 Å². The Morgan fingerprint density at radius 3 is 2.81 bits per heavy atom. The fourth-order valence-corrected chi connectivity index (χ4v) is 4.03. The average molecular weight is 406 g/mol. The van der Waals surface area contributed by atoms with Crippen LogP contribution in [0.1, 0.15) is 17.9 Å². The maximum absolute atomic E-state index is 12.2. The van der Waals surface area contributed by atoms with E-state index in [1.807, 2.05) is 17.5 Å². The van der Waals surface area contributed by atoms with E-state index in [1.165, 1.54) is 24.5 Å². The van der Waals surface area contributed by atoms with Crippen molar-refractivity contribution in [3.8, 4) is 10.7 Å². The third-order valence-electron chi connectivity index (χ3n) is 3.81. The minimum atomic E-state index is -3.59. The summed E-state index contributed by atoms with van der Waals surface area (Å²) >= 11 is 1.50. The summed E-state index contributed by atoms with van der Waals surface area (Å²) in [6.07, 6.45) is 0.422. The van der Waals surface area contributed by atoms with Crippen molar-refractivity contribution in [3.63, 3.8) is 0 Å². The van der Waals surface area contributed by atoms with Crippen molar-refractivity contribution in [2.24, 2.45) is 0 Å². The summed E-state index contributed by atoms with van der Waals surface area (Å²) in [7, 11) is -2.25. The van der Waals surface area contributed by atoms with Crippen molar-refractivity contribution in [1.29, 1.82) is 0 Å². The van der Waals surface area contributed by atoms with Gasteiger partial charge >= 0.3 is 0 Å². The molecule has 1 aromatic carbocycles. The highest BCUT2D eigenvalue weighted by Gasteiger charge is 2.16. The van der Waals surface area contributed by atoms with Gasteiger partial charge in [-0.3, -0.25) is 4.79 Å². The number of nitrogens with one attached hydrogen (secondary N) is 2. The Morgan fingerprint density at radius 1 is 1.30 bits per heavy atom. The molecule has 1 amide bonds. The number of sulfonamides is 1. The van der Waals surface area contributed by atoms with Crippen LogP contribution in [-0.2, 0) is 21.2 Å². The van der Waals surface area contributed by atoms with Gasteiger partial charge in [-0.2, -0.15) is 4.98 Å². The topological polar surface area (TPSA) is 114 Å². The molecule has 0 radical (unpaired) electrons. The quantitative estimate of drug-likeness (QED) is 0.623. The van der Waals surface area contributed by atoms with Gasteiger partial charge in [0.25, 0.3) is 0 Å². The molecule has 0 saturated heterocycles. The van der Waals surface area contributed by atoms with Gasteiger partial charge in [0, 0.05) is 18.5 Å². The summed E-state index contributed by atoms with van der Waals surface area (Å²) in [5.41, 5.74) is 0.999. The molecule has 8 nitrogen and oxygen atoms in total. The number of nitrogens with zero attached hydrogens (tertiary/aromatic N) is 2. The number of thiophene rings is 1. The Labute approximate surface area is 160 Å². The van der Waals surface area contributed by atoms with Crippen LogP contribution in [0.2, 0.25) is 0 Å². The summed E-state index contributed by atoms with van der Waals surface area (Å²) in [4.78, 5) is 17.5. The Morgan fingerprint density at radius 2 is 2.11 bits per heavy atom. The molecule has 0 fully saturated rings. The summed E-state index contributed by atoms with van der Waals surface area (Å²) in [5, 5.41) is 8.51. The van der Waals surface area contributed by atoms with Crippen molar-refractivity contribution >= 4 is 33.0 Å². The number of benzene rings is 1. The molecule has 0 atom stereocenters. The second-order valence-electron chi connectivity index (χ2n) is 5.73. The average Bonchev–Trinajstić information content (AvgIpc) is 3.33. The first kappa shape index (κ1) is 19.2. The fraction of sp³-hybridized carbons (Fsp3) is 0.235. The van der Waals surface area contributed by atoms with Gasteiger partial charge in [-0.1, -0.05) is 17.3 Å². The van der Waals surface area contributed by atoms with Crippen LogP contribution in [0.5, 0.6) is 0 Å². The molecule has 3 rings (SSSR count). The molecule has 0 aliphatic carbocycles. The number of amides is 1. The monoisotopic (exact) mass is 406 g/mol. The molecular weight excluding hydrogens is 388 g/mol. The van der Waals surface area contributed by atoms with Crippen LogP contribution in [-0.4, -0.2) is 31.5 Å². The predicted molar refractivity (Wildman–Crippen MR) is 102 cm³/mol. The number of aryl methyl sites for hydroxylation is 2. The van der Waals surface area contributed by atoms with Crippen LogP contribution >= 0.6 is 11.3 Å². The molecule has 0 bridgehead atoms. The van der Waals surface area contributed by atoms with Crippen LogP contribution in [0.25, 0.3) is 10.7 Å². The molecule has 3 aromatic rings. The lowest BCUT2D eigenvalue weighted by Crippen LogP contribution is -2.20. The number of aromatic nitrogens is 2. The molecule has 2 N–H and O–H groups in total. The molecule has 0 unspecified atom stereocenters. The number of rotatable bonds is 7. The van der Waals surface area contributed by atoms with Crippen molar-refractivity contribution in [2.45, 2.75) is 24.7 Å². The molecule has 0 saturated carbocycles. The van der Waals surface area contributed by atoms with Crippen molar-refractivity contribution in [1.82, 2.24) is 14.9 Å². The van der Waals surface area contributed by atoms with Gasteiger partial charge in [0.05, 0.1) is 9.77 Å². The number of anilines is 1. The van der Waals surface area contributed by atoms with Crippen LogP contribution in [0.15, 0.2) is 45.1 Å². The molecule has 0 aliphatic rings. The highest BCUT2D eigenvalue weighted by molar-refractivity contribution is 7.89. The highest BCUT2D eigenvalue weighted by Crippen LogP contribution is 2.22. The molecule has 142 valence electrons. The lowest BCUT2D eigenvalue weighted by atomic mass is 10.2. The van der Waals surface area contributed by atoms with E-state index in [4.69, 9.17) is 4.52 Å². The Bertz CT molecular complexity index is 1040. The van der Waals surface area contributed by atoms with Gasteiger partial charge in [-0.15, -0.1) is 11.3 Å². The zero-order valence-electron chi connectivity index (χ0n) is 14.7. The Hall–Kier alpha value is -2.56. The normalized spacial score (nSPS) is 11.5. The smallest absolute Gasteiger partial charge is 0.240 e. The van der Waals surface area contributed by atoms with E-state index >= 15 is 0 Å². The largest absolute Gasteiger partial charge is 0.339 e. The van der Waals surface area contributed by atoms with Crippen LogP contribution in [0.3, 0.4) is 0 Å². The molecule has 2 heterocycles. The molecular formula is C17H18N4O4S2. The first-order chi connectivity index (χ1) is 12.9. The Balaban J connectivity index is 1.62. The van der Waals surface area contributed by atoms with Crippen molar-refractivity contribution < 1.29 is 17.7 Å². The Kier molecular flexibility index (Phi) is 5.68. The first-order valence-electron chi connectivity index (χ1n) is 8.09. The minimum Gasteiger partial charge on any atom is -0.339 e. The zero-order chi connectivity index (χ0) is 19.4. The summed E-state index contributed by atoms with van der Waals surface area (Å²) < 4.78 is 31.5. The van der Waals surface area contributed by atoms with E-state index in [0.29, 0.717) is 23.0 Å². The van der Waals surface area contributed by atoms with E-state index in [1.54, 1.807) is 19.1 Å². The van der Waals surface area contributed by atoms with Crippen molar-refractivity contribution in [3.05, 3.63) is 47.2 Å². The third kappa shape index (κ3) is 4.59. The lowest BCUT2D eigenvalue weighted by molar-refractivity contribution is -0.116. The zero-order valence-corrected chi connectivity index (χ0v) is 16.4. The van der Waals surface area contributed by atoms with Crippen LogP contribution < -0.4 is 10.0 Å². The van der Waals surface area contributed by atoms with Gasteiger partial charge < -0.3 is 9.84 Å². The SMILES string of the molecule is CNS(=O)(=O)c1cc(NC(=O)CCc2nc(-c3cccs3)no2)ccc1C. The van der Waals surface area contributed by atoms with E-state index in [2.05, 4.69) is 20.2 Å². The molecule has 2 aromatic heterocycles. The van der Waals surface area contributed by atoms with E-state index in [-0.39, 0.29) is 23.6 Å². The van der Waals surface area contributed by atoms with E-state index in [9.17, 15) is 13.2 Å². The standard InChI is InChI=1S/C17H18N4O4S2/c1-11-5-6-12(10-14(11)27(23,24)18-2)19-15(22)7-8-16-20-17(21-25-16)13-4-3-9-26-13/h3-6,9-10,18H,7-8H2,1-2H3,(H,19,22). The first-order valence-corrected chi connectivity index (χ1v) is 10.5. The summed E-state index contributed by atoms with van der Waals surface area (Å²) in [6, 6.07) is 8.52. The third-order valence-corrected chi connectivity index (χ3v) is 6.23. The second kappa shape index (κ2) is 7.99. The van der Waals surface area contributed by atoms with Gasteiger partial charge in [-0.05, 0) is 43.1 Å². The number of carbonyl (C=O) groups excluding carboxylic acids is 1. The number of carbonyl (C=O) groups is 1. The number of hydrogen-bond donors (Lipinski definition) is 2. The second-order valence-corrected chi connectivity index (χ2v) is 8.53. The van der Waals surface area contributed by atoms with Gasteiger partial charge in [0.2, 0.25) is 27.6 Å². The fourth-order valence-electron chi connectivity index (χ4n) is 2.38. The number of hydrogen-bond acceptors (Lipinski definition) is 7. The van der Waals surface area contributed by atoms with Crippen LogP contribution in [0, 0.1) is 6.92 Å². The van der Waals surface area contributed by atoms with Gasteiger partial charge in [0.15, 0.2) is 0 Å². The van der Waals surface area contributed by atoms with E-state index in [0.717, 1.165) is 4.88 Å². The van der Waals surface area contributed by atoms with Crippen LogP contribution in [0.4, 0.5) is 5.69 Å². The van der Waals surface area contributed by atoms with Crippen molar-refractivity contribution in [2.75, 3.05) is 12.4 Å². The summed E-state index contributed by atoms with van der Waals surface area (Å²) in [6.45, 7) is 1.69. The minimum absolute atomic E-state index is 0.125. The molecule has 10 heteroatoms. The maximum Gasteiger partial charge on any atom is 0.240 e. The molecule has 0 aliphatic heterocycles.